The third-order valence-corrected chi connectivity index (χ3v) is 3.27. The third kappa shape index (κ3) is 3.23. The first-order valence-corrected chi connectivity index (χ1v) is 5.62. The normalized spacial score (nSPS) is 31.3. The van der Waals surface area contributed by atoms with Gasteiger partial charge in [-0.1, -0.05) is 13.8 Å². The fourth-order valence-electron chi connectivity index (χ4n) is 1.86. The summed E-state index contributed by atoms with van der Waals surface area (Å²) in [6.45, 7) is 8.18. The van der Waals surface area contributed by atoms with Crippen LogP contribution in [0, 0.1) is 5.92 Å². The molecule has 0 saturated carbocycles. The second-order valence-corrected chi connectivity index (χ2v) is 4.94. The lowest BCUT2D eigenvalue weighted by Gasteiger charge is -2.18. The van der Waals surface area contributed by atoms with Crippen LogP contribution in [0.5, 0.6) is 0 Å². The molecule has 0 radical (unpaired) electrons. The van der Waals surface area contributed by atoms with Crippen molar-refractivity contribution in [1.82, 2.24) is 10.2 Å². The Morgan fingerprint density at radius 2 is 2.14 bits per heavy atom. The van der Waals surface area contributed by atoms with E-state index in [2.05, 4.69) is 38.0 Å². The zero-order chi connectivity index (χ0) is 10.7. The summed E-state index contributed by atoms with van der Waals surface area (Å²) in [5.41, 5.74) is 0. The lowest BCUT2D eigenvalue weighted by molar-refractivity contribution is 0.120. The lowest BCUT2D eigenvalue weighted by atomic mass is 10.1. The number of aliphatic hydroxyl groups is 1. The number of nitrogens with zero attached hydrogens (tertiary/aromatic N) is 1. The average molecular weight is 200 g/mol. The molecule has 14 heavy (non-hydrogen) atoms. The van der Waals surface area contributed by atoms with Crippen LogP contribution in [0.2, 0.25) is 0 Å². The van der Waals surface area contributed by atoms with Crippen molar-refractivity contribution >= 4 is 0 Å². The first kappa shape index (κ1) is 12.0. The lowest BCUT2D eigenvalue weighted by Crippen LogP contribution is -2.38. The molecule has 3 nitrogen and oxygen atoms in total. The van der Waals surface area contributed by atoms with Crippen molar-refractivity contribution < 1.29 is 5.11 Å². The fraction of sp³-hybridized carbons (Fsp3) is 1.00. The molecule has 3 atom stereocenters. The van der Waals surface area contributed by atoms with E-state index in [4.69, 9.17) is 0 Å². The molecule has 1 aliphatic rings. The van der Waals surface area contributed by atoms with Crippen molar-refractivity contribution in [2.24, 2.45) is 5.92 Å². The molecule has 0 amide bonds. The number of likely N-dealkylation sites (N-methyl/N-ethyl adjacent to an activating group) is 1. The van der Waals surface area contributed by atoms with Crippen molar-refractivity contribution in [3.05, 3.63) is 0 Å². The van der Waals surface area contributed by atoms with Gasteiger partial charge in [-0.25, -0.2) is 0 Å². The largest absolute Gasteiger partial charge is 0.392 e. The van der Waals surface area contributed by atoms with Crippen LogP contribution in [0.15, 0.2) is 0 Å². The Morgan fingerprint density at radius 1 is 1.50 bits per heavy atom. The fourth-order valence-corrected chi connectivity index (χ4v) is 1.86. The molecule has 1 saturated heterocycles. The predicted octanol–water partition coefficient (Wildman–Crippen LogP) is 0.685. The van der Waals surface area contributed by atoms with Gasteiger partial charge in [0, 0.05) is 25.2 Å². The van der Waals surface area contributed by atoms with E-state index in [1.165, 1.54) is 6.42 Å². The number of rotatable bonds is 4. The Labute approximate surface area is 87.5 Å². The maximum absolute atomic E-state index is 9.64. The number of hydrogen-bond donors (Lipinski definition) is 2. The van der Waals surface area contributed by atoms with Crippen LogP contribution in [0.1, 0.15) is 27.2 Å². The Balaban J connectivity index is 2.20. The van der Waals surface area contributed by atoms with Crippen LogP contribution >= 0.6 is 0 Å². The minimum absolute atomic E-state index is 0.212. The molecule has 0 aliphatic carbocycles. The summed E-state index contributed by atoms with van der Waals surface area (Å²) in [5, 5.41) is 13.1. The molecule has 2 N–H and O–H groups in total. The van der Waals surface area contributed by atoms with E-state index in [0.29, 0.717) is 18.0 Å². The van der Waals surface area contributed by atoms with E-state index in [1.807, 2.05) is 0 Å². The molecular weight excluding hydrogens is 176 g/mol. The Morgan fingerprint density at radius 3 is 2.57 bits per heavy atom. The van der Waals surface area contributed by atoms with Gasteiger partial charge in [-0.3, -0.25) is 0 Å². The molecule has 0 aromatic heterocycles. The third-order valence-electron chi connectivity index (χ3n) is 3.27. The molecule has 1 fully saturated rings. The summed E-state index contributed by atoms with van der Waals surface area (Å²) in [4.78, 5) is 2.36. The summed E-state index contributed by atoms with van der Waals surface area (Å²) >= 11 is 0. The highest BCUT2D eigenvalue weighted by Gasteiger charge is 2.26. The van der Waals surface area contributed by atoms with E-state index in [0.717, 1.165) is 13.1 Å². The van der Waals surface area contributed by atoms with Crippen molar-refractivity contribution in [1.29, 1.82) is 0 Å². The number of hydrogen-bond acceptors (Lipinski definition) is 3. The van der Waals surface area contributed by atoms with Gasteiger partial charge in [-0.15, -0.1) is 0 Å². The number of nitrogens with one attached hydrogen (secondary N) is 1. The van der Waals surface area contributed by atoms with E-state index < -0.39 is 0 Å². The molecule has 1 aliphatic heterocycles. The van der Waals surface area contributed by atoms with E-state index in [-0.39, 0.29) is 6.10 Å². The van der Waals surface area contributed by atoms with Crippen molar-refractivity contribution in [2.75, 3.05) is 20.1 Å². The van der Waals surface area contributed by atoms with Crippen molar-refractivity contribution in [3.63, 3.8) is 0 Å². The number of likely N-dealkylation sites (tertiary alicyclic amines) is 1. The van der Waals surface area contributed by atoms with Gasteiger partial charge in [-0.05, 0) is 26.3 Å². The monoisotopic (exact) mass is 200 g/mol. The predicted molar refractivity (Wildman–Crippen MR) is 59.3 cm³/mol. The molecule has 1 rings (SSSR count). The van der Waals surface area contributed by atoms with Gasteiger partial charge in [0.1, 0.15) is 0 Å². The van der Waals surface area contributed by atoms with Crippen LogP contribution in [-0.4, -0.2) is 48.3 Å². The minimum Gasteiger partial charge on any atom is -0.392 e. The maximum Gasteiger partial charge on any atom is 0.0687 e. The highest BCUT2D eigenvalue weighted by atomic mass is 16.3. The van der Waals surface area contributed by atoms with Gasteiger partial charge < -0.3 is 15.3 Å². The van der Waals surface area contributed by atoms with Crippen molar-refractivity contribution in [2.45, 2.75) is 45.4 Å². The van der Waals surface area contributed by atoms with Gasteiger partial charge in [0.05, 0.1) is 6.10 Å². The van der Waals surface area contributed by atoms with Crippen molar-refractivity contribution in [3.8, 4) is 0 Å². The number of aliphatic hydroxyl groups excluding tert-OH is 1. The van der Waals surface area contributed by atoms with Gasteiger partial charge >= 0.3 is 0 Å². The zero-order valence-corrected chi connectivity index (χ0v) is 9.83. The summed E-state index contributed by atoms with van der Waals surface area (Å²) in [6, 6.07) is 1.23. The van der Waals surface area contributed by atoms with Crippen LogP contribution in [0.4, 0.5) is 0 Å². The smallest absolute Gasteiger partial charge is 0.0687 e. The van der Waals surface area contributed by atoms with E-state index in [9.17, 15) is 5.11 Å². The second-order valence-electron chi connectivity index (χ2n) is 4.94. The molecule has 0 aromatic rings. The highest BCUT2D eigenvalue weighted by molar-refractivity contribution is 4.85. The van der Waals surface area contributed by atoms with Gasteiger partial charge in [-0.2, -0.15) is 0 Å². The van der Waals surface area contributed by atoms with E-state index in [1.54, 1.807) is 0 Å². The highest BCUT2D eigenvalue weighted by Crippen LogP contribution is 2.14. The Hall–Kier alpha value is -0.120. The molecule has 0 spiro atoms. The summed E-state index contributed by atoms with van der Waals surface area (Å²) in [5.74, 6) is 0.346. The molecule has 3 heteroatoms. The van der Waals surface area contributed by atoms with Gasteiger partial charge in [0.25, 0.3) is 0 Å². The molecule has 3 unspecified atom stereocenters. The van der Waals surface area contributed by atoms with Crippen LogP contribution in [0.25, 0.3) is 0 Å². The molecule has 84 valence electrons. The zero-order valence-electron chi connectivity index (χ0n) is 9.83. The summed E-state index contributed by atoms with van der Waals surface area (Å²) < 4.78 is 0. The molecule has 0 aromatic carbocycles. The van der Waals surface area contributed by atoms with Crippen LogP contribution in [0.3, 0.4) is 0 Å². The maximum atomic E-state index is 9.64. The molecule has 1 heterocycles. The SMILES string of the molecule is CC(C)C(O)CNC1CC(C)N(C)C1. The van der Waals surface area contributed by atoms with Crippen LogP contribution in [-0.2, 0) is 0 Å². The minimum atomic E-state index is -0.212. The Kier molecular flexibility index (Phi) is 4.35. The van der Waals surface area contributed by atoms with Gasteiger partial charge in [0.2, 0.25) is 0 Å². The standard InChI is InChI=1S/C11H24N2O/c1-8(2)11(14)6-12-10-5-9(3)13(4)7-10/h8-12,14H,5-7H2,1-4H3. The first-order valence-electron chi connectivity index (χ1n) is 5.62. The quantitative estimate of drug-likeness (QED) is 0.701. The first-order chi connectivity index (χ1) is 6.50. The van der Waals surface area contributed by atoms with Crippen LogP contribution < -0.4 is 5.32 Å². The molecule has 0 bridgehead atoms. The Bertz CT molecular complexity index is 163. The average Bonchev–Trinajstić information content (AvgIpc) is 2.42. The second kappa shape index (κ2) is 5.10. The van der Waals surface area contributed by atoms with E-state index >= 15 is 0 Å². The summed E-state index contributed by atoms with van der Waals surface area (Å²) in [7, 11) is 2.16. The van der Waals surface area contributed by atoms with Gasteiger partial charge in [0.15, 0.2) is 0 Å². The summed E-state index contributed by atoms with van der Waals surface area (Å²) in [6.07, 6.45) is 0.984. The topological polar surface area (TPSA) is 35.5 Å². The molecular formula is C11H24N2O.